The minimum Gasteiger partial charge on any atom is -0.383 e. The Balaban J connectivity index is 1.55. The van der Waals surface area contributed by atoms with Crippen molar-refractivity contribution in [2.45, 2.75) is 38.3 Å². The second-order valence-electron chi connectivity index (χ2n) is 7.72. The highest BCUT2D eigenvalue weighted by Gasteiger charge is 2.26. The molecule has 8 heteroatoms. The van der Waals surface area contributed by atoms with Crippen LogP contribution in [0.2, 0.25) is 0 Å². The number of anilines is 1. The number of nitrogens with zero attached hydrogens (tertiary/aromatic N) is 3. The van der Waals surface area contributed by atoms with Crippen molar-refractivity contribution in [2.75, 3.05) is 57.9 Å². The third-order valence-corrected chi connectivity index (χ3v) is 5.67. The van der Waals surface area contributed by atoms with Crippen molar-refractivity contribution < 1.29 is 13.5 Å². The van der Waals surface area contributed by atoms with Gasteiger partial charge in [-0.25, -0.2) is 8.78 Å². The highest BCUT2D eigenvalue weighted by molar-refractivity contribution is 5.80. The van der Waals surface area contributed by atoms with E-state index in [-0.39, 0.29) is 6.04 Å². The van der Waals surface area contributed by atoms with Gasteiger partial charge in [0, 0.05) is 51.4 Å². The zero-order valence-electron chi connectivity index (χ0n) is 17.5. The molecule has 0 aliphatic carbocycles. The monoisotopic (exact) mass is 409 g/mol. The summed E-state index contributed by atoms with van der Waals surface area (Å²) in [5.41, 5.74) is 0.456. The van der Waals surface area contributed by atoms with Crippen molar-refractivity contribution in [1.82, 2.24) is 15.5 Å². The largest absolute Gasteiger partial charge is 0.383 e. The fourth-order valence-corrected chi connectivity index (χ4v) is 4.15. The summed E-state index contributed by atoms with van der Waals surface area (Å²) in [4.78, 5) is 9.22. The summed E-state index contributed by atoms with van der Waals surface area (Å²) in [5, 5.41) is 6.81. The molecule has 2 aliphatic rings. The van der Waals surface area contributed by atoms with E-state index in [1.807, 2.05) is 11.8 Å². The molecule has 0 radical (unpaired) electrons. The van der Waals surface area contributed by atoms with Gasteiger partial charge < -0.3 is 20.3 Å². The Labute approximate surface area is 172 Å². The number of rotatable bonds is 8. The predicted molar refractivity (Wildman–Crippen MR) is 113 cm³/mol. The molecule has 162 valence electrons. The van der Waals surface area contributed by atoms with Crippen molar-refractivity contribution in [3.05, 3.63) is 29.8 Å². The van der Waals surface area contributed by atoms with Gasteiger partial charge in [-0.3, -0.25) is 9.89 Å². The lowest BCUT2D eigenvalue weighted by Crippen LogP contribution is -2.45. The summed E-state index contributed by atoms with van der Waals surface area (Å²) in [6, 6.07) is 4.39. The van der Waals surface area contributed by atoms with Gasteiger partial charge >= 0.3 is 0 Å². The van der Waals surface area contributed by atoms with E-state index < -0.39 is 11.6 Å². The maximum absolute atomic E-state index is 14.1. The number of likely N-dealkylation sites (tertiary alicyclic amines) is 1. The Morgan fingerprint density at radius 3 is 2.90 bits per heavy atom. The highest BCUT2D eigenvalue weighted by atomic mass is 19.1. The van der Waals surface area contributed by atoms with Gasteiger partial charge in [-0.1, -0.05) is 0 Å². The second-order valence-corrected chi connectivity index (χ2v) is 7.72. The van der Waals surface area contributed by atoms with Crippen LogP contribution in [0, 0.1) is 11.6 Å². The van der Waals surface area contributed by atoms with Gasteiger partial charge in [-0.05, 0) is 44.9 Å². The van der Waals surface area contributed by atoms with Crippen LogP contribution < -0.4 is 15.5 Å². The van der Waals surface area contributed by atoms with E-state index in [0.717, 1.165) is 64.2 Å². The average molecular weight is 410 g/mol. The molecule has 0 bridgehead atoms. The van der Waals surface area contributed by atoms with Crippen LogP contribution in [0.1, 0.15) is 26.2 Å². The van der Waals surface area contributed by atoms with Gasteiger partial charge in [0.1, 0.15) is 11.6 Å². The smallest absolute Gasteiger partial charge is 0.191 e. The number of hydrogen-bond donors (Lipinski definition) is 2. The highest BCUT2D eigenvalue weighted by Crippen LogP contribution is 2.24. The zero-order valence-corrected chi connectivity index (χ0v) is 17.5. The Hall–Kier alpha value is -1.93. The van der Waals surface area contributed by atoms with Gasteiger partial charge in [-0.2, -0.15) is 0 Å². The molecule has 1 aromatic carbocycles. The molecule has 0 saturated carbocycles. The standard InChI is InChI=1S/C21H33F2N5O/c1-3-24-21(25-14-18-5-4-9-27(18)11-12-29-2)26-17-8-10-28(15-17)20-7-6-16(22)13-19(20)23/h6-7,13,17-18H,3-5,8-12,14-15H2,1-2H3,(H2,24,25,26). The van der Waals surface area contributed by atoms with Gasteiger partial charge in [-0.15, -0.1) is 0 Å². The topological polar surface area (TPSA) is 52.1 Å². The molecule has 2 heterocycles. The van der Waals surface area contributed by atoms with Crippen LogP contribution in [0.5, 0.6) is 0 Å². The number of benzene rings is 1. The first kappa shape index (κ1) is 21.8. The predicted octanol–water partition coefficient (Wildman–Crippen LogP) is 2.21. The lowest BCUT2D eigenvalue weighted by molar-refractivity contribution is 0.142. The number of hydrogen-bond acceptors (Lipinski definition) is 4. The lowest BCUT2D eigenvalue weighted by atomic mass is 10.2. The van der Waals surface area contributed by atoms with Crippen molar-refractivity contribution in [2.24, 2.45) is 4.99 Å². The van der Waals surface area contributed by atoms with Crippen LogP contribution in [0.4, 0.5) is 14.5 Å². The summed E-state index contributed by atoms with van der Waals surface area (Å²) in [6.45, 7) is 7.77. The zero-order chi connectivity index (χ0) is 20.6. The molecular formula is C21H33F2N5O. The average Bonchev–Trinajstić information content (AvgIpc) is 3.34. The van der Waals surface area contributed by atoms with E-state index in [4.69, 9.17) is 9.73 Å². The number of halogens is 2. The van der Waals surface area contributed by atoms with Crippen molar-refractivity contribution in [1.29, 1.82) is 0 Å². The molecule has 0 aromatic heterocycles. The van der Waals surface area contributed by atoms with Crippen molar-refractivity contribution in [3.8, 4) is 0 Å². The Morgan fingerprint density at radius 1 is 1.28 bits per heavy atom. The van der Waals surface area contributed by atoms with Crippen LogP contribution in [0.25, 0.3) is 0 Å². The van der Waals surface area contributed by atoms with Crippen LogP contribution in [0.3, 0.4) is 0 Å². The number of guanidine groups is 1. The normalized spacial score (nSPS) is 23.0. The molecule has 0 spiro atoms. The van der Waals surface area contributed by atoms with Gasteiger partial charge in [0.15, 0.2) is 5.96 Å². The molecule has 2 N–H and O–H groups in total. The van der Waals surface area contributed by atoms with Crippen molar-refractivity contribution in [3.63, 3.8) is 0 Å². The van der Waals surface area contributed by atoms with Crippen LogP contribution >= 0.6 is 0 Å². The minimum absolute atomic E-state index is 0.172. The molecule has 2 unspecified atom stereocenters. The number of ether oxygens (including phenoxy) is 1. The summed E-state index contributed by atoms with van der Waals surface area (Å²) in [7, 11) is 1.74. The second kappa shape index (κ2) is 10.7. The van der Waals surface area contributed by atoms with E-state index in [2.05, 4.69) is 15.5 Å². The summed E-state index contributed by atoms with van der Waals surface area (Å²) in [6.07, 6.45) is 3.24. The molecule has 0 amide bonds. The Morgan fingerprint density at radius 2 is 2.14 bits per heavy atom. The van der Waals surface area contributed by atoms with E-state index in [1.165, 1.54) is 18.6 Å². The fraction of sp³-hybridized carbons (Fsp3) is 0.667. The summed E-state index contributed by atoms with van der Waals surface area (Å²) in [5.74, 6) is -0.255. The molecule has 6 nitrogen and oxygen atoms in total. The maximum atomic E-state index is 14.1. The molecule has 3 rings (SSSR count). The van der Waals surface area contributed by atoms with E-state index in [0.29, 0.717) is 18.3 Å². The first-order valence-corrected chi connectivity index (χ1v) is 10.6. The quantitative estimate of drug-likeness (QED) is 0.509. The molecule has 2 saturated heterocycles. The molecule has 29 heavy (non-hydrogen) atoms. The third kappa shape index (κ3) is 6.02. The van der Waals surface area contributed by atoms with Crippen molar-refractivity contribution >= 4 is 11.6 Å². The number of nitrogens with one attached hydrogen (secondary N) is 2. The van der Waals surface area contributed by atoms with E-state index in [9.17, 15) is 8.78 Å². The first-order chi connectivity index (χ1) is 14.1. The first-order valence-electron chi connectivity index (χ1n) is 10.6. The Bertz CT molecular complexity index is 687. The summed E-state index contributed by atoms with van der Waals surface area (Å²) >= 11 is 0. The van der Waals surface area contributed by atoms with Gasteiger partial charge in [0.25, 0.3) is 0 Å². The van der Waals surface area contributed by atoms with Crippen LogP contribution in [-0.4, -0.2) is 75.9 Å². The molecule has 2 fully saturated rings. The lowest BCUT2D eigenvalue weighted by Gasteiger charge is -2.24. The SMILES string of the molecule is CCNC(=NCC1CCCN1CCOC)NC1CCN(c2ccc(F)cc2F)C1. The fourth-order valence-electron chi connectivity index (χ4n) is 4.15. The summed E-state index contributed by atoms with van der Waals surface area (Å²) < 4.78 is 32.5. The van der Waals surface area contributed by atoms with E-state index >= 15 is 0 Å². The Kier molecular flexibility index (Phi) is 8.06. The number of methoxy groups -OCH3 is 1. The van der Waals surface area contributed by atoms with Crippen LogP contribution in [-0.2, 0) is 4.74 Å². The minimum atomic E-state index is -0.548. The van der Waals surface area contributed by atoms with Gasteiger partial charge in [0.2, 0.25) is 0 Å². The van der Waals surface area contributed by atoms with E-state index in [1.54, 1.807) is 7.11 Å². The van der Waals surface area contributed by atoms with Gasteiger partial charge in [0.05, 0.1) is 18.8 Å². The number of aliphatic imine (C=N–C) groups is 1. The molecule has 2 atom stereocenters. The van der Waals surface area contributed by atoms with Crippen LogP contribution in [0.15, 0.2) is 23.2 Å². The maximum Gasteiger partial charge on any atom is 0.191 e. The molecule has 1 aromatic rings. The molecule has 2 aliphatic heterocycles. The molecular weight excluding hydrogens is 376 g/mol. The third-order valence-electron chi connectivity index (χ3n) is 5.67.